The molecule has 2 nitrogen and oxygen atoms in total. The Kier molecular flexibility index (Phi) is 2.91. The molecule has 2 rings (SSSR count). The van der Waals surface area contributed by atoms with E-state index < -0.39 is 5.82 Å². The van der Waals surface area contributed by atoms with Crippen molar-refractivity contribution in [1.29, 1.82) is 0 Å². The molecule has 0 saturated heterocycles. The van der Waals surface area contributed by atoms with Crippen molar-refractivity contribution >= 4 is 5.78 Å². The number of carbonyl (C=O) groups is 1. The van der Waals surface area contributed by atoms with Crippen LogP contribution in [0.5, 0.6) is 5.75 Å². The van der Waals surface area contributed by atoms with Gasteiger partial charge in [-0.05, 0) is 30.2 Å². The van der Waals surface area contributed by atoms with E-state index in [1.807, 2.05) is 0 Å². The van der Waals surface area contributed by atoms with Gasteiger partial charge in [0.1, 0.15) is 0 Å². The molecular formula is C14H11FO2. The van der Waals surface area contributed by atoms with Gasteiger partial charge in [-0.25, -0.2) is 4.39 Å². The van der Waals surface area contributed by atoms with Crippen molar-refractivity contribution in [3.05, 3.63) is 53.8 Å². The third kappa shape index (κ3) is 2.33. The fraction of sp³-hybridized carbons (Fsp3) is 0.0714. The summed E-state index contributed by atoms with van der Waals surface area (Å²) < 4.78 is 12.9. The number of halogens is 1. The van der Waals surface area contributed by atoms with E-state index in [1.54, 1.807) is 30.3 Å². The molecule has 0 heterocycles. The van der Waals surface area contributed by atoms with Gasteiger partial charge >= 0.3 is 0 Å². The molecule has 2 aromatic rings. The van der Waals surface area contributed by atoms with Crippen LogP contribution in [0.3, 0.4) is 0 Å². The van der Waals surface area contributed by atoms with E-state index in [2.05, 4.69) is 0 Å². The quantitative estimate of drug-likeness (QED) is 0.803. The van der Waals surface area contributed by atoms with Gasteiger partial charge < -0.3 is 5.11 Å². The molecule has 0 fully saturated rings. The van der Waals surface area contributed by atoms with Crippen molar-refractivity contribution in [3.63, 3.8) is 0 Å². The van der Waals surface area contributed by atoms with Crippen LogP contribution in [0.4, 0.5) is 4.39 Å². The first-order valence-corrected chi connectivity index (χ1v) is 5.18. The van der Waals surface area contributed by atoms with E-state index in [1.165, 1.54) is 19.1 Å². The molecule has 0 spiro atoms. The van der Waals surface area contributed by atoms with Gasteiger partial charge in [0, 0.05) is 5.56 Å². The van der Waals surface area contributed by atoms with Gasteiger partial charge in [-0.2, -0.15) is 0 Å². The van der Waals surface area contributed by atoms with E-state index >= 15 is 0 Å². The molecule has 17 heavy (non-hydrogen) atoms. The van der Waals surface area contributed by atoms with E-state index in [0.29, 0.717) is 11.1 Å². The molecule has 3 heteroatoms. The van der Waals surface area contributed by atoms with Gasteiger partial charge in [0.25, 0.3) is 0 Å². The molecule has 2 aromatic carbocycles. The lowest BCUT2D eigenvalue weighted by atomic mass is 10.0. The standard InChI is InChI=1S/C14H11FO2/c1-9(16)10-2-4-11(5-3-10)12-6-7-13(15)14(17)8-12/h2-8,17H,1H3. The van der Waals surface area contributed by atoms with Crippen LogP contribution < -0.4 is 0 Å². The van der Waals surface area contributed by atoms with Gasteiger partial charge in [0.05, 0.1) is 0 Å². The zero-order valence-electron chi connectivity index (χ0n) is 9.27. The maximum Gasteiger partial charge on any atom is 0.164 e. The number of carbonyl (C=O) groups excluding carboxylic acids is 1. The molecule has 0 saturated carbocycles. The summed E-state index contributed by atoms with van der Waals surface area (Å²) in [5, 5.41) is 9.28. The highest BCUT2D eigenvalue weighted by atomic mass is 19.1. The first-order valence-electron chi connectivity index (χ1n) is 5.18. The molecule has 0 atom stereocenters. The molecule has 0 unspecified atom stereocenters. The summed E-state index contributed by atoms with van der Waals surface area (Å²) in [4.78, 5) is 11.1. The summed E-state index contributed by atoms with van der Waals surface area (Å²) in [6.45, 7) is 1.50. The maximum absolute atomic E-state index is 12.9. The van der Waals surface area contributed by atoms with Crippen molar-refractivity contribution in [2.24, 2.45) is 0 Å². The smallest absolute Gasteiger partial charge is 0.164 e. The van der Waals surface area contributed by atoms with E-state index in [0.717, 1.165) is 5.56 Å². The second-order valence-electron chi connectivity index (χ2n) is 3.80. The Morgan fingerprint density at radius 2 is 1.65 bits per heavy atom. The highest BCUT2D eigenvalue weighted by Crippen LogP contribution is 2.25. The Morgan fingerprint density at radius 1 is 1.06 bits per heavy atom. The zero-order chi connectivity index (χ0) is 12.4. The number of rotatable bonds is 2. The SMILES string of the molecule is CC(=O)c1ccc(-c2ccc(F)c(O)c2)cc1. The summed E-state index contributed by atoms with van der Waals surface area (Å²) in [5.74, 6) is -1.02. The molecule has 0 aromatic heterocycles. The predicted molar refractivity (Wildman–Crippen MR) is 63.5 cm³/mol. The highest BCUT2D eigenvalue weighted by molar-refractivity contribution is 5.94. The van der Waals surface area contributed by atoms with E-state index in [-0.39, 0.29) is 11.5 Å². The molecule has 0 aliphatic carbocycles. The van der Waals surface area contributed by atoms with Crippen LogP contribution in [0, 0.1) is 5.82 Å². The van der Waals surface area contributed by atoms with Gasteiger partial charge in [-0.15, -0.1) is 0 Å². The predicted octanol–water partition coefficient (Wildman–Crippen LogP) is 3.40. The Bertz CT molecular complexity index is 559. The summed E-state index contributed by atoms with van der Waals surface area (Å²) in [6.07, 6.45) is 0. The van der Waals surface area contributed by atoms with Crippen LogP contribution in [0.15, 0.2) is 42.5 Å². The van der Waals surface area contributed by atoms with Crippen molar-refractivity contribution in [2.75, 3.05) is 0 Å². The summed E-state index contributed by atoms with van der Waals surface area (Å²) in [7, 11) is 0. The number of ketones is 1. The highest BCUT2D eigenvalue weighted by Gasteiger charge is 2.04. The summed E-state index contributed by atoms with van der Waals surface area (Å²) in [5.41, 5.74) is 2.16. The van der Waals surface area contributed by atoms with Gasteiger partial charge in [-0.3, -0.25) is 4.79 Å². The zero-order valence-corrected chi connectivity index (χ0v) is 9.27. The van der Waals surface area contributed by atoms with Gasteiger partial charge in [0.15, 0.2) is 17.3 Å². The Labute approximate surface area is 98.3 Å². The van der Waals surface area contributed by atoms with E-state index in [4.69, 9.17) is 0 Å². The number of hydrogen-bond donors (Lipinski definition) is 1. The molecule has 1 N–H and O–H groups in total. The van der Waals surface area contributed by atoms with Crippen molar-refractivity contribution in [1.82, 2.24) is 0 Å². The third-order valence-electron chi connectivity index (χ3n) is 2.57. The lowest BCUT2D eigenvalue weighted by Gasteiger charge is -2.04. The molecule has 0 bridgehead atoms. The van der Waals surface area contributed by atoms with Crippen LogP contribution in [-0.2, 0) is 0 Å². The Hall–Kier alpha value is -2.16. The van der Waals surface area contributed by atoms with Crippen molar-refractivity contribution in [2.45, 2.75) is 6.92 Å². The fourth-order valence-corrected chi connectivity index (χ4v) is 1.59. The maximum atomic E-state index is 12.9. The van der Waals surface area contributed by atoms with Gasteiger partial charge in [0.2, 0.25) is 0 Å². The Balaban J connectivity index is 2.39. The van der Waals surface area contributed by atoms with Crippen LogP contribution in [-0.4, -0.2) is 10.9 Å². The average molecular weight is 230 g/mol. The minimum Gasteiger partial charge on any atom is -0.505 e. The summed E-state index contributed by atoms with van der Waals surface area (Å²) in [6, 6.07) is 11.1. The number of aromatic hydroxyl groups is 1. The number of Topliss-reactive ketones (excluding diaryl/α,β-unsaturated/α-hetero) is 1. The third-order valence-corrected chi connectivity index (χ3v) is 2.57. The largest absolute Gasteiger partial charge is 0.505 e. The molecule has 0 aliphatic heterocycles. The minimum absolute atomic E-state index is 0.00139. The molecule has 86 valence electrons. The molecule has 0 aliphatic rings. The first-order chi connectivity index (χ1) is 8.08. The van der Waals surface area contributed by atoms with Gasteiger partial charge in [-0.1, -0.05) is 30.3 Å². The van der Waals surface area contributed by atoms with Crippen LogP contribution in [0.1, 0.15) is 17.3 Å². The summed E-state index contributed by atoms with van der Waals surface area (Å²) >= 11 is 0. The first kappa shape index (κ1) is 11.3. The monoisotopic (exact) mass is 230 g/mol. The van der Waals surface area contributed by atoms with E-state index in [9.17, 15) is 14.3 Å². The second kappa shape index (κ2) is 4.37. The van der Waals surface area contributed by atoms with Crippen molar-refractivity contribution < 1.29 is 14.3 Å². The number of hydrogen-bond acceptors (Lipinski definition) is 2. The van der Waals surface area contributed by atoms with Crippen LogP contribution in [0.2, 0.25) is 0 Å². The number of phenols is 1. The lowest BCUT2D eigenvalue weighted by molar-refractivity contribution is 0.101. The van der Waals surface area contributed by atoms with Crippen LogP contribution >= 0.6 is 0 Å². The normalized spacial score (nSPS) is 10.2. The second-order valence-corrected chi connectivity index (χ2v) is 3.80. The van der Waals surface area contributed by atoms with Crippen molar-refractivity contribution in [3.8, 4) is 16.9 Å². The van der Waals surface area contributed by atoms with Crippen LogP contribution in [0.25, 0.3) is 11.1 Å². The number of phenolic OH excluding ortho intramolecular Hbond substituents is 1. The lowest BCUT2D eigenvalue weighted by Crippen LogP contribution is -1.90. The Morgan fingerprint density at radius 3 is 2.18 bits per heavy atom. The number of benzene rings is 2. The molecule has 0 radical (unpaired) electrons. The minimum atomic E-state index is -0.644. The fourth-order valence-electron chi connectivity index (χ4n) is 1.59. The molecule has 0 amide bonds. The topological polar surface area (TPSA) is 37.3 Å². The average Bonchev–Trinajstić information content (AvgIpc) is 2.33. The molecular weight excluding hydrogens is 219 g/mol.